The number of H-pyrrole nitrogens is 1. The number of hydrogen-bond acceptors (Lipinski definition) is 3. The molecule has 5 nitrogen and oxygen atoms in total. The van der Waals surface area contributed by atoms with E-state index in [0.29, 0.717) is 0 Å². The summed E-state index contributed by atoms with van der Waals surface area (Å²) in [4.78, 5) is 24.5. The van der Waals surface area contributed by atoms with Crippen molar-refractivity contribution in [1.82, 2.24) is 9.94 Å². The minimum Gasteiger partial charge on any atom is -0.312 e. The molecule has 0 aliphatic carbocycles. The fourth-order valence-corrected chi connectivity index (χ4v) is 0.513. The van der Waals surface area contributed by atoms with Gasteiger partial charge in [0, 0.05) is 6.07 Å². The summed E-state index contributed by atoms with van der Waals surface area (Å²) in [6.07, 6.45) is -4.23. The Balaban J connectivity index is 2.71. The van der Waals surface area contributed by atoms with Gasteiger partial charge in [0.15, 0.2) is 0 Å². The molecule has 0 fully saturated rings. The van der Waals surface area contributed by atoms with Crippen molar-refractivity contribution in [2.75, 3.05) is 0 Å². The second-order valence-electron chi connectivity index (χ2n) is 1.99. The number of nitrogens with one attached hydrogen (secondary N) is 1. The summed E-state index contributed by atoms with van der Waals surface area (Å²) in [5.41, 5.74) is -0.671. The molecular weight excluding hydrogens is 193 g/mol. The van der Waals surface area contributed by atoms with E-state index in [9.17, 15) is 22.8 Å². The molecule has 0 amide bonds. The molecule has 0 aliphatic rings. The first-order valence-corrected chi connectivity index (χ1v) is 2.97. The Morgan fingerprint density at radius 2 is 2.15 bits per heavy atom. The molecule has 0 aliphatic heterocycles. The van der Waals surface area contributed by atoms with Gasteiger partial charge in [-0.05, 0) is 0 Å². The zero-order valence-corrected chi connectivity index (χ0v) is 5.96. The van der Waals surface area contributed by atoms with E-state index in [4.69, 9.17) is 0 Å². The molecule has 13 heavy (non-hydrogen) atoms. The van der Waals surface area contributed by atoms with E-state index < -0.39 is 17.7 Å². The Labute approximate surface area is 68.7 Å². The van der Waals surface area contributed by atoms with Gasteiger partial charge < -0.3 is 4.84 Å². The van der Waals surface area contributed by atoms with E-state index in [2.05, 4.69) is 4.84 Å². The van der Waals surface area contributed by atoms with Crippen LogP contribution < -0.4 is 10.4 Å². The fourth-order valence-electron chi connectivity index (χ4n) is 0.513. The van der Waals surface area contributed by atoms with Gasteiger partial charge >= 0.3 is 12.1 Å². The quantitative estimate of drug-likeness (QED) is 0.670. The maximum Gasteiger partial charge on any atom is 0.493 e. The van der Waals surface area contributed by atoms with E-state index in [1.165, 1.54) is 0 Å². The number of hydrogen-bond donors (Lipinski definition) is 1. The lowest BCUT2D eigenvalue weighted by Crippen LogP contribution is -2.34. The Kier molecular flexibility index (Phi) is 2.13. The third-order valence-electron chi connectivity index (χ3n) is 0.994. The summed E-state index contributed by atoms with van der Waals surface area (Å²) in [5, 5.41) is 1.80. The van der Waals surface area contributed by atoms with Crippen LogP contribution in [0.3, 0.4) is 0 Å². The number of rotatable bonds is 1. The number of aromatic amines is 1. The van der Waals surface area contributed by atoms with Crippen LogP contribution in [0.5, 0.6) is 0 Å². The van der Waals surface area contributed by atoms with Gasteiger partial charge in [0.25, 0.3) is 5.56 Å². The normalized spacial score (nSPS) is 11.3. The lowest BCUT2D eigenvalue weighted by Gasteiger charge is -2.04. The first-order chi connectivity index (χ1) is 5.89. The van der Waals surface area contributed by atoms with E-state index in [0.717, 1.165) is 12.3 Å². The standard InChI is InChI=1S/C5H3F3N2O3/c6-5(7,8)4(12)13-10-2-1-3(11)9-10/h1-2H,(H,9,11). The van der Waals surface area contributed by atoms with Crippen LogP contribution in [0.1, 0.15) is 0 Å². The molecule has 1 aromatic rings. The number of halogens is 3. The van der Waals surface area contributed by atoms with Crippen molar-refractivity contribution in [2.45, 2.75) is 6.18 Å². The minimum atomic E-state index is -5.08. The van der Waals surface area contributed by atoms with Crippen LogP contribution in [0.4, 0.5) is 13.2 Å². The number of carbonyl (C=O) groups is 1. The van der Waals surface area contributed by atoms with Crippen LogP contribution in [0, 0.1) is 0 Å². The van der Waals surface area contributed by atoms with Gasteiger partial charge in [-0.2, -0.15) is 13.2 Å². The topological polar surface area (TPSA) is 64.1 Å². The van der Waals surface area contributed by atoms with Crippen molar-refractivity contribution in [3.8, 4) is 0 Å². The van der Waals surface area contributed by atoms with Gasteiger partial charge in [-0.15, -0.1) is 4.85 Å². The Morgan fingerprint density at radius 1 is 1.54 bits per heavy atom. The SMILES string of the molecule is O=C(On1ccc(=O)[nH]1)C(F)(F)F. The first kappa shape index (κ1) is 9.36. The molecule has 1 N–H and O–H groups in total. The lowest BCUT2D eigenvalue weighted by molar-refractivity contribution is -0.201. The Morgan fingerprint density at radius 3 is 2.54 bits per heavy atom. The van der Waals surface area contributed by atoms with Gasteiger partial charge in [0.1, 0.15) is 0 Å². The number of nitrogens with zero attached hydrogens (tertiary/aromatic N) is 1. The fraction of sp³-hybridized carbons (Fsp3) is 0.200. The monoisotopic (exact) mass is 196 g/mol. The van der Waals surface area contributed by atoms with Crippen molar-refractivity contribution in [2.24, 2.45) is 0 Å². The number of carbonyl (C=O) groups excluding carboxylic acids is 1. The lowest BCUT2D eigenvalue weighted by atomic mass is 10.7. The summed E-state index contributed by atoms with van der Waals surface area (Å²) in [7, 11) is 0. The molecule has 0 unspecified atom stereocenters. The number of alkyl halides is 3. The largest absolute Gasteiger partial charge is 0.493 e. The molecule has 0 atom stereocenters. The average Bonchev–Trinajstić information content (AvgIpc) is 2.33. The number of aromatic nitrogens is 2. The van der Waals surface area contributed by atoms with Gasteiger partial charge in [-0.1, -0.05) is 0 Å². The predicted octanol–water partition coefficient (Wildman–Crippen LogP) is -0.306. The maximum absolute atomic E-state index is 11.6. The molecule has 1 rings (SSSR count). The Hall–Kier alpha value is -1.73. The minimum absolute atomic E-state index is 0.276. The third kappa shape index (κ3) is 2.36. The highest BCUT2D eigenvalue weighted by Crippen LogP contribution is 2.14. The molecule has 0 radical (unpaired) electrons. The van der Waals surface area contributed by atoms with E-state index in [-0.39, 0.29) is 4.85 Å². The smallest absolute Gasteiger partial charge is 0.312 e. The van der Waals surface area contributed by atoms with Crippen molar-refractivity contribution < 1.29 is 22.8 Å². The molecule has 72 valence electrons. The molecule has 0 aromatic carbocycles. The molecule has 0 bridgehead atoms. The molecule has 1 heterocycles. The molecule has 0 saturated carbocycles. The highest BCUT2D eigenvalue weighted by Gasteiger charge is 2.42. The Bertz CT molecular complexity index is 364. The van der Waals surface area contributed by atoms with Gasteiger partial charge in [-0.3, -0.25) is 4.79 Å². The highest BCUT2D eigenvalue weighted by atomic mass is 19.4. The molecule has 0 spiro atoms. The van der Waals surface area contributed by atoms with Gasteiger partial charge in [-0.25, -0.2) is 9.89 Å². The van der Waals surface area contributed by atoms with Crippen molar-refractivity contribution in [1.29, 1.82) is 0 Å². The summed E-state index contributed by atoms with van der Waals surface area (Å²) < 4.78 is 34.7. The molecule has 1 aromatic heterocycles. The second-order valence-corrected chi connectivity index (χ2v) is 1.99. The molecular formula is C5H3F3N2O3. The van der Waals surface area contributed by atoms with Gasteiger partial charge in [0.05, 0.1) is 6.20 Å². The zero-order chi connectivity index (χ0) is 10.1. The van der Waals surface area contributed by atoms with E-state index in [1.54, 1.807) is 5.10 Å². The summed E-state index contributed by atoms with van der Waals surface area (Å²) in [6, 6.07) is 0.906. The van der Waals surface area contributed by atoms with Crippen LogP contribution in [0.25, 0.3) is 0 Å². The van der Waals surface area contributed by atoms with Gasteiger partial charge in [0.2, 0.25) is 0 Å². The highest BCUT2D eigenvalue weighted by molar-refractivity contribution is 5.75. The van der Waals surface area contributed by atoms with Crippen molar-refractivity contribution >= 4 is 5.97 Å². The average molecular weight is 196 g/mol. The summed E-state index contributed by atoms with van der Waals surface area (Å²) >= 11 is 0. The van der Waals surface area contributed by atoms with Crippen LogP contribution in [-0.4, -0.2) is 22.1 Å². The molecule has 0 saturated heterocycles. The van der Waals surface area contributed by atoms with Crippen LogP contribution in [0.15, 0.2) is 17.1 Å². The van der Waals surface area contributed by atoms with Crippen molar-refractivity contribution in [3.05, 3.63) is 22.6 Å². The van der Waals surface area contributed by atoms with E-state index in [1.807, 2.05) is 0 Å². The maximum atomic E-state index is 11.6. The summed E-state index contributed by atoms with van der Waals surface area (Å²) in [5.74, 6) is -2.40. The third-order valence-corrected chi connectivity index (χ3v) is 0.994. The zero-order valence-electron chi connectivity index (χ0n) is 5.96. The molecule has 8 heteroatoms. The second kappa shape index (κ2) is 2.96. The summed E-state index contributed by atoms with van der Waals surface area (Å²) in [6.45, 7) is 0. The predicted molar refractivity (Wildman–Crippen MR) is 32.7 cm³/mol. The van der Waals surface area contributed by atoms with E-state index >= 15 is 0 Å². The van der Waals surface area contributed by atoms with Crippen LogP contribution in [-0.2, 0) is 4.79 Å². The van der Waals surface area contributed by atoms with Crippen LogP contribution >= 0.6 is 0 Å². The van der Waals surface area contributed by atoms with Crippen LogP contribution in [0.2, 0.25) is 0 Å². The van der Waals surface area contributed by atoms with Crippen molar-refractivity contribution in [3.63, 3.8) is 0 Å². The first-order valence-electron chi connectivity index (χ1n) is 2.97.